The molecule has 0 heterocycles. The molecule has 16 heavy (non-hydrogen) atoms. The fourth-order valence-electron chi connectivity index (χ4n) is 1.69. The van der Waals surface area contributed by atoms with Crippen molar-refractivity contribution in [2.45, 2.75) is 52.6 Å². The van der Waals surface area contributed by atoms with Crippen LogP contribution in [0.1, 0.15) is 47.0 Å². The normalized spacial score (nSPS) is 16.6. The Kier molecular flexibility index (Phi) is 4.78. The van der Waals surface area contributed by atoms with Crippen molar-refractivity contribution in [2.24, 2.45) is 5.92 Å². The Morgan fingerprint density at radius 1 is 1.38 bits per heavy atom. The highest BCUT2D eigenvalue weighted by Crippen LogP contribution is 2.29. The van der Waals surface area contributed by atoms with E-state index in [1.807, 2.05) is 20.8 Å². The third-order valence-electron chi connectivity index (χ3n) is 2.71. The van der Waals surface area contributed by atoms with Crippen LogP contribution < -0.4 is 0 Å². The maximum atomic E-state index is 11.5. The van der Waals surface area contributed by atoms with E-state index in [0.29, 0.717) is 6.42 Å². The lowest BCUT2D eigenvalue weighted by atomic mass is 10.2. The van der Waals surface area contributed by atoms with E-state index in [9.17, 15) is 4.79 Å². The zero-order valence-electron chi connectivity index (χ0n) is 11.1. The summed E-state index contributed by atoms with van der Waals surface area (Å²) in [7, 11) is 0. The average molecular weight is 227 g/mol. The smallest absolute Gasteiger partial charge is 0.307 e. The highest BCUT2D eigenvalue weighted by Gasteiger charge is 2.24. The molecular formula is C13H25NO2. The van der Waals surface area contributed by atoms with Gasteiger partial charge < -0.3 is 9.64 Å². The minimum Gasteiger partial charge on any atom is -0.460 e. The van der Waals surface area contributed by atoms with Crippen LogP contribution in [0.15, 0.2) is 0 Å². The van der Waals surface area contributed by atoms with E-state index in [1.165, 1.54) is 12.8 Å². The molecule has 0 N–H and O–H groups in total. The van der Waals surface area contributed by atoms with Crippen LogP contribution in [0.3, 0.4) is 0 Å². The van der Waals surface area contributed by atoms with E-state index in [2.05, 4.69) is 11.8 Å². The molecule has 1 aliphatic carbocycles. The van der Waals surface area contributed by atoms with E-state index in [4.69, 9.17) is 4.74 Å². The molecule has 0 aromatic rings. The minimum absolute atomic E-state index is 0.0817. The maximum Gasteiger partial charge on any atom is 0.307 e. The predicted octanol–water partition coefficient (Wildman–Crippen LogP) is 2.45. The largest absolute Gasteiger partial charge is 0.460 e. The van der Waals surface area contributed by atoms with E-state index in [-0.39, 0.29) is 11.6 Å². The Bertz CT molecular complexity index is 229. The fourth-order valence-corrected chi connectivity index (χ4v) is 1.69. The standard InChI is InChI=1S/C13H25NO2/c1-5-14(10-11-6-7-11)9-8-12(15)16-13(2,3)4/h11H,5-10H2,1-4H3. The summed E-state index contributed by atoms with van der Waals surface area (Å²) in [6, 6.07) is 0. The van der Waals surface area contributed by atoms with Gasteiger partial charge in [0.1, 0.15) is 5.60 Å². The van der Waals surface area contributed by atoms with E-state index in [0.717, 1.165) is 25.6 Å². The van der Waals surface area contributed by atoms with Crippen LogP contribution in [0.25, 0.3) is 0 Å². The SMILES string of the molecule is CCN(CCC(=O)OC(C)(C)C)CC1CC1. The molecule has 0 atom stereocenters. The van der Waals surface area contributed by atoms with E-state index < -0.39 is 0 Å². The lowest BCUT2D eigenvalue weighted by Gasteiger charge is -2.22. The van der Waals surface area contributed by atoms with Gasteiger partial charge in [0.15, 0.2) is 0 Å². The number of nitrogens with zero attached hydrogens (tertiary/aromatic N) is 1. The van der Waals surface area contributed by atoms with Gasteiger partial charge in [-0.25, -0.2) is 0 Å². The zero-order chi connectivity index (χ0) is 12.2. The molecule has 0 saturated heterocycles. The van der Waals surface area contributed by atoms with Crippen molar-refractivity contribution in [1.82, 2.24) is 4.90 Å². The highest BCUT2D eigenvalue weighted by atomic mass is 16.6. The molecule has 1 fully saturated rings. The van der Waals surface area contributed by atoms with Crippen LogP contribution in [0, 0.1) is 5.92 Å². The summed E-state index contributed by atoms with van der Waals surface area (Å²) in [5.41, 5.74) is -0.357. The number of hydrogen-bond donors (Lipinski definition) is 0. The monoisotopic (exact) mass is 227 g/mol. The van der Waals surface area contributed by atoms with Gasteiger partial charge in [-0.1, -0.05) is 6.92 Å². The summed E-state index contributed by atoms with van der Waals surface area (Å²) in [6.07, 6.45) is 3.24. The summed E-state index contributed by atoms with van der Waals surface area (Å²) in [6.45, 7) is 10.9. The highest BCUT2D eigenvalue weighted by molar-refractivity contribution is 5.70. The molecule has 0 bridgehead atoms. The summed E-state index contributed by atoms with van der Waals surface area (Å²) < 4.78 is 5.29. The number of rotatable bonds is 6. The number of carbonyl (C=O) groups is 1. The lowest BCUT2D eigenvalue weighted by Crippen LogP contribution is -2.31. The first-order chi connectivity index (χ1) is 7.40. The topological polar surface area (TPSA) is 29.5 Å². The number of carbonyl (C=O) groups excluding carboxylic acids is 1. The predicted molar refractivity (Wildman–Crippen MR) is 65.3 cm³/mol. The van der Waals surface area contributed by atoms with Gasteiger partial charge >= 0.3 is 5.97 Å². The van der Waals surface area contributed by atoms with Crippen molar-refractivity contribution >= 4 is 5.97 Å². The second-order valence-corrected chi connectivity index (χ2v) is 5.67. The van der Waals surface area contributed by atoms with Crippen molar-refractivity contribution in [2.75, 3.05) is 19.6 Å². The second-order valence-electron chi connectivity index (χ2n) is 5.67. The Hall–Kier alpha value is -0.570. The summed E-state index contributed by atoms with van der Waals surface area (Å²) in [5.74, 6) is 0.806. The Morgan fingerprint density at radius 2 is 2.00 bits per heavy atom. The zero-order valence-corrected chi connectivity index (χ0v) is 11.1. The quantitative estimate of drug-likeness (QED) is 0.653. The first kappa shape index (κ1) is 13.5. The molecular weight excluding hydrogens is 202 g/mol. The average Bonchev–Trinajstić information content (AvgIpc) is 2.92. The van der Waals surface area contributed by atoms with Gasteiger partial charge in [-0.15, -0.1) is 0 Å². The number of ether oxygens (including phenoxy) is 1. The third kappa shape index (κ3) is 6.11. The second kappa shape index (κ2) is 5.67. The van der Waals surface area contributed by atoms with Gasteiger partial charge in [0.05, 0.1) is 6.42 Å². The molecule has 0 radical (unpaired) electrons. The van der Waals surface area contributed by atoms with E-state index >= 15 is 0 Å². The van der Waals surface area contributed by atoms with Gasteiger partial charge in [-0.2, -0.15) is 0 Å². The van der Waals surface area contributed by atoms with Gasteiger partial charge in [0.2, 0.25) is 0 Å². The van der Waals surface area contributed by atoms with Crippen LogP contribution >= 0.6 is 0 Å². The van der Waals surface area contributed by atoms with Crippen LogP contribution in [0.5, 0.6) is 0 Å². The van der Waals surface area contributed by atoms with Crippen LogP contribution in [0.4, 0.5) is 0 Å². The lowest BCUT2D eigenvalue weighted by molar-refractivity contribution is -0.155. The Balaban J connectivity index is 2.17. The van der Waals surface area contributed by atoms with Crippen LogP contribution in [-0.2, 0) is 9.53 Å². The van der Waals surface area contributed by atoms with Crippen molar-refractivity contribution in [3.8, 4) is 0 Å². The number of esters is 1. The fraction of sp³-hybridized carbons (Fsp3) is 0.923. The minimum atomic E-state index is -0.357. The first-order valence-electron chi connectivity index (χ1n) is 6.35. The molecule has 0 amide bonds. The van der Waals surface area contributed by atoms with Crippen LogP contribution in [-0.4, -0.2) is 36.1 Å². The summed E-state index contributed by atoms with van der Waals surface area (Å²) >= 11 is 0. The van der Waals surface area contributed by atoms with Crippen molar-refractivity contribution in [3.63, 3.8) is 0 Å². The molecule has 0 unspecified atom stereocenters. The van der Waals surface area contributed by atoms with Crippen molar-refractivity contribution in [1.29, 1.82) is 0 Å². The molecule has 94 valence electrons. The summed E-state index contributed by atoms with van der Waals surface area (Å²) in [4.78, 5) is 13.9. The Labute approximate surface area is 99.1 Å². The van der Waals surface area contributed by atoms with Gasteiger partial charge in [0.25, 0.3) is 0 Å². The molecule has 3 heteroatoms. The van der Waals surface area contributed by atoms with Gasteiger partial charge in [-0.05, 0) is 46.1 Å². The molecule has 3 nitrogen and oxygen atoms in total. The molecule has 0 aromatic carbocycles. The molecule has 0 aromatic heterocycles. The Morgan fingerprint density at radius 3 is 2.44 bits per heavy atom. The van der Waals surface area contributed by atoms with Gasteiger partial charge in [0, 0.05) is 13.1 Å². The summed E-state index contributed by atoms with van der Waals surface area (Å²) in [5, 5.41) is 0. The molecule has 0 spiro atoms. The van der Waals surface area contributed by atoms with Crippen LogP contribution in [0.2, 0.25) is 0 Å². The third-order valence-corrected chi connectivity index (χ3v) is 2.71. The maximum absolute atomic E-state index is 11.5. The van der Waals surface area contributed by atoms with Crippen molar-refractivity contribution < 1.29 is 9.53 Å². The molecule has 1 rings (SSSR count). The number of hydrogen-bond acceptors (Lipinski definition) is 3. The van der Waals surface area contributed by atoms with Gasteiger partial charge in [-0.3, -0.25) is 4.79 Å². The van der Waals surface area contributed by atoms with E-state index in [1.54, 1.807) is 0 Å². The molecule has 0 aliphatic heterocycles. The molecule has 1 aliphatic rings. The first-order valence-corrected chi connectivity index (χ1v) is 6.35. The van der Waals surface area contributed by atoms with Crippen molar-refractivity contribution in [3.05, 3.63) is 0 Å². The molecule has 1 saturated carbocycles.